The number of carbonyl (C=O) groups excluding carboxylic acids is 1. The zero-order chi connectivity index (χ0) is 25.5. The average molecular weight is 502 g/mol. The molecule has 2 aromatic rings. The number of carbonyl (C=O) groups is 1. The molecule has 2 aromatic carbocycles. The van der Waals surface area contributed by atoms with E-state index in [-0.39, 0.29) is 17.8 Å². The molecule has 0 saturated carbocycles. The SMILES string of the molecule is COc1cc(OC)cc(N2CCN(C(=O)OCC3CCCN(Cc4cc(OC)ccc4F)C3)CC2)c1. The molecule has 0 N–H and O–H groups in total. The fraction of sp³-hybridized carbons (Fsp3) is 0.519. The van der Waals surface area contributed by atoms with Crippen molar-refractivity contribution in [2.24, 2.45) is 5.92 Å². The number of amides is 1. The highest BCUT2D eigenvalue weighted by Crippen LogP contribution is 2.29. The van der Waals surface area contributed by atoms with E-state index in [2.05, 4.69) is 9.80 Å². The van der Waals surface area contributed by atoms with E-state index in [4.69, 9.17) is 18.9 Å². The van der Waals surface area contributed by atoms with Crippen molar-refractivity contribution in [1.29, 1.82) is 0 Å². The lowest BCUT2D eigenvalue weighted by atomic mass is 9.98. The van der Waals surface area contributed by atoms with Gasteiger partial charge in [-0.25, -0.2) is 9.18 Å². The second-order valence-electron chi connectivity index (χ2n) is 9.32. The molecule has 0 aliphatic carbocycles. The summed E-state index contributed by atoms with van der Waals surface area (Å²) in [5, 5.41) is 0. The Hall–Kier alpha value is -3.20. The number of methoxy groups -OCH3 is 3. The number of ether oxygens (including phenoxy) is 4. The van der Waals surface area contributed by atoms with Crippen LogP contribution < -0.4 is 19.1 Å². The van der Waals surface area contributed by atoms with Gasteiger partial charge in [-0.15, -0.1) is 0 Å². The number of anilines is 1. The summed E-state index contributed by atoms with van der Waals surface area (Å²) < 4.78 is 35.9. The number of rotatable bonds is 8. The van der Waals surface area contributed by atoms with Crippen LogP contribution in [0.1, 0.15) is 18.4 Å². The monoisotopic (exact) mass is 501 g/mol. The molecule has 196 valence electrons. The largest absolute Gasteiger partial charge is 0.497 e. The van der Waals surface area contributed by atoms with E-state index in [9.17, 15) is 9.18 Å². The maximum absolute atomic E-state index is 14.3. The highest BCUT2D eigenvalue weighted by atomic mass is 19.1. The van der Waals surface area contributed by atoms with Crippen molar-refractivity contribution in [1.82, 2.24) is 9.80 Å². The molecule has 8 nitrogen and oxygen atoms in total. The third-order valence-electron chi connectivity index (χ3n) is 6.93. The van der Waals surface area contributed by atoms with E-state index < -0.39 is 0 Å². The van der Waals surface area contributed by atoms with Crippen LogP contribution in [0.2, 0.25) is 0 Å². The van der Waals surface area contributed by atoms with Gasteiger partial charge in [-0.2, -0.15) is 0 Å². The molecule has 2 aliphatic rings. The zero-order valence-corrected chi connectivity index (χ0v) is 21.4. The van der Waals surface area contributed by atoms with Crippen molar-refractivity contribution >= 4 is 11.8 Å². The van der Waals surface area contributed by atoms with Gasteiger partial charge in [-0.1, -0.05) is 0 Å². The van der Waals surface area contributed by atoms with Gasteiger partial charge in [-0.05, 0) is 37.6 Å². The number of likely N-dealkylation sites (tertiary alicyclic amines) is 1. The minimum Gasteiger partial charge on any atom is -0.497 e. The number of hydrogen-bond acceptors (Lipinski definition) is 7. The lowest BCUT2D eigenvalue weighted by Gasteiger charge is -2.36. The van der Waals surface area contributed by atoms with E-state index in [0.717, 1.165) is 43.1 Å². The first kappa shape index (κ1) is 25.9. The predicted octanol–water partition coefficient (Wildman–Crippen LogP) is 4.02. The van der Waals surface area contributed by atoms with Crippen molar-refractivity contribution in [2.75, 3.05) is 72.1 Å². The molecule has 2 heterocycles. The van der Waals surface area contributed by atoms with E-state index in [1.807, 2.05) is 18.2 Å². The van der Waals surface area contributed by atoms with Crippen LogP contribution in [0.3, 0.4) is 0 Å². The summed E-state index contributed by atoms with van der Waals surface area (Å²) in [4.78, 5) is 18.9. The van der Waals surface area contributed by atoms with Gasteiger partial charge in [0.25, 0.3) is 0 Å². The summed E-state index contributed by atoms with van der Waals surface area (Å²) in [5.74, 6) is 2.14. The Morgan fingerprint density at radius 1 is 0.917 bits per heavy atom. The Bertz CT molecular complexity index is 1010. The molecule has 9 heteroatoms. The van der Waals surface area contributed by atoms with Crippen LogP contribution in [0, 0.1) is 11.7 Å². The molecule has 2 saturated heterocycles. The first-order valence-electron chi connectivity index (χ1n) is 12.4. The third-order valence-corrected chi connectivity index (χ3v) is 6.93. The maximum Gasteiger partial charge on any atom is 0.409 e. The molecule has 1 atom stereocenters. The van der Waals surface area contributed by atoms with Crippen LogP contribution in [-0.2, 0) is 11.3 Å². The Morgan fingerprint density at radius 2 is 1.61 bits per heavy atom. The summed E-state index contributed by atoms with van der Waals surface area (Å²) in [5.41, 5.74) is 1.63. The summed E-state index contributed by atoms with van der Waals surface area (Å²) in [6, 6.07) is 10.6. The van der Waals surface area contributed by atoms with Gasteiger partial charge in [0.05, 0.1) is 27.9 Å². The second kappa shape index (κ2) is 12.2. The molecule has 36 heavy (non-hydrogen) atoms. The lowest BCUT2D eigenvalue weighted by molar-refractivity contribution is 0.0621. The fourth-order valence-electron chi connectivity index (χ4n) is 4.87. The van der Waals surface area contributed by atoms with Gasteiger partial charge in [0, 0.05) is 74.6 Å². The predicted molar refractivity (Wildman–Crippen MR) is 136 cm³/mol. The molecule has 0 radical (unpaired) electrons. The summed E-state index contributed by atoms with van der Waals surface area (Å²) in [7, 11) is 4.85. The van der Waals surface area contributed by atoms with E-state index in [1.54, 1.807) is 38.4 Å². The number of halogens is 1. The van der Waals surface area contributed by atoms with E-state index >= 15 is 0 Å². The van der Waals surface area contributed by atoms with Crippen LogP contribution in [0.5, 0.6) is 17.2 Å². The molecular formula is C27H36FN3O5. The number of piperazine rings is 1. The van der Waals surface area contributed by atoms with Crippen molar-refractivity contribution in [3.8, 4) is 17.2 Å². The molecule has 0 spiro atoms. The van der Waals surface area contributed by atoms with E-state index in [1.165, 1.54) is 6.07 Å². The zero-order valence-electron chi connectivity index (χ0n) is 21.4. The van der Waals surface area contributed by atoms with Crippen LogP contribution >= 0.6 is 0 Å². The minimum atomic E-state index is -0.270. The molecule has 0 aromatic heterocycles. The van der Waals surface area contributed by atoms with Crippen molar-refractivity contribution in [3.63, 3.8) is 0 Å². The van der Waals surface area contributed by atoms with Gasteiger partial charge < -0.3 is 28.7 Å². The quantitative estimate of drug-likeness (QED) is 0.541. The minimum absolute atomic E-state index is 0.226. The highest BCUT2D eigenvalue weighted by molar-refractivity contribution is 5.68. The number of hydrogen-bond donors (Lipinski definition) is 0. The van der Waals surface area contributed by atoms with Gasteiger partial charge in [0.1, 0.15) is 23.1 Å². The molecule has 0 bridgehead atoms. The van der Waals surface area contributed by atoms with Crippen LogP contribution in [0.15, 0.2) is 36.4 Å². The summed E-state index contributed by atoms with van der Waals surface area (Å²) >= 11 is 0. The number of piperidine rings is 1. The molecule has 1 amide bonds. The van der Waals surface area contributed by atoms with E-state index in [0.29, 0.717) is 50.6 Å². The Balaban J connectivity index is 1.24. The highest BCUT2D eigenvalue weighted by Gasteiger charge is 2.26. The summed E-state index contributed by atoms with van der Waals surface area (Å²) in [6.45, 7) is 5.15. The number of nitrogens with zero attached hydrogens (tertiary/aromatic N) is 3. The van der Waals surface area contributed by atoms with Crippen molar-refractivity contribution in [2.45, 2.75) is 19.4 Å². The van der Waals surface area contributed by atoms with Crippen LogP contribution in [-0.4, -0.2) is 83.1 Å². The smallest absolute Gasteiger partial charge is 0.409 e. The maximum atomic E-state index is 14.3. The van der Waals surface area contributed by atoms with Gasteiger partial charge in [-0.3, -0.25) is 4.90 Å². The molecule has 2 aliphatic heterocycles. The average Bonchev–Trinajstić information content (AvgIpc) is 2.93. The topological polar surface area (TPSA) is 63.7 Å². The molecular weight excluding hydrogens is 465 g/mol. The van der Waals surface area contributed by atoms with Gasteiger partial charge in [0.15, 0.2) is 0 Å². The van der Waals surface area contributed by atoms with Crippen LogP contribution in [0.4, 0.5) is 14.9 Å². The molecule has 2 fully saturated rings. The standard InChI is InChI=1S/C27H36FN3O5/c1-33-23-6-7-26(28)21(13-23)18-29-8-4-5-20(17-29)19-36-27(32)31-11-9-30(10-12-31)22-14-24(34-2)16-25(15-22)35-3/h6-7,13-16,20H,4-5,8-12,17-19H2,1-3H3. The second-order valence-corrected chi connectivity index (χ2v) is 9.32. The first-order chi connectivity index (χ1) is 17.5. The summed E-state index contributed by atoms with van der Waals surface area (Å²) in [6.07, 6.45) is 1.72. The first-order valence-corrected chi connectivity index (χ1v) is 12.4. The Labute approximate surface area is 212 Å². The Kier molecular flexibility index (Phi) is 8.74. The Morgan fingerprint density at radius 3 is 2.28 bits per heavy atom. The third kappa shape index (κ3) is 6.51. The van der Waals surface area contributed by atoms with Crippen LogP contribution in [0.25, 0.3) is 0 Å². The molecule has 1 unspecified atom stereocenters. The van der Waals surface area contributed by atoms with Crippen molar-refractivity contribution in [3.05, 3.63) is 47.8 Å². The normalized spacial score (nSPS) is 18.6. The van der Waals surface area contributed by atoms with Gasteiger partial charge in [0.2, 0.25) is 0 Å². The van der Waals surface area contributed by atoms with Crippen molar-refractivity contribution < 1.29 is 28.1 Å². The fourth-order valence-corrected chi connectivity index (χ4v) is 4.87. The lowest BCUT2D eigenvalue weighted by Crippen LogP contribution is -2.49. The van der Waals surface area contributed by atoms with Gasteiger partial charge >= 0.3 is 6.09 Å². The molecule has 4 rings (SSSR count). The number of benzene rings is 2.